The number of nitrogens with zero attached hydrogens (tertiary/aromatic N) is 2. The second-order valence-electron chi connectivity index (χ2n) is 6.27. The van der Waals surface area contributed by atoms with Crippen molar-refractivity contribution in [1.29, 1.82) is 0 Å². The summed E-state index contributed by atoms with van der Waals surface area (Å²) in [5.41, 5.74) is -0.784. The Hall–Kier alpha value is -0.650. The number of hydrogen-bond donors (Lipinski definition) is 2. The summed E-state index contributed by atoms with van der Waals surface area (Å²) >= 11 is 0. The molecule has 0 aliphatic carbocycles. The van der Waals surface area contributed by atoms with E-state index < -0.39 is 11.5 Å². The Morgan fingerprint density at radius 1 is 1.10 bits per heavy atom. The number of carboxylic acid groups (broad SMARTS) is 1. The average molecular weight is 301 g/mol. The van der Waals surface area contributed by atoms with Gasteiger partial charge < -0.3 is 20.2 Å². The Bertz CT molecular complexity index is 285. The van der Waals surface area contributed by atoms with E-state index in [1.165, 1.54) is 0 Å². The van der Waals surface area contributed by atoms with Gasteiger partial charge in [0.15, 0.2) is 0 Å². The van der Waals surface area contributed by atoms with E-state index in [9.17, 15) is 9.90 Å². The molecule has 5 heteroatoms. The molecule has 0 aromatic rings. The first-order valence-electron chi connectivity index (χ1n) is 8.21. The highest BCUT2D eigenvalue weighted by atomic mass is 16.4. The minimum atomic E-state index is -0.784. The van der Waals surface area contributed by atoms with E-state index in [4.69, 9.17) is 0 Å². The van der Waals surface area contributed by atoms with Crippen LogP contribution in [0.1, 0.15) is 46.5 Å². The summed E-state index contributed by atoms with van der Waals surface area (Å²) in [5, 5.41) is 12.4. The molecule has 0 saturated carbocycles. The minimum Gasteiger partial charge on any atom is -0.480 e. The van der Waals surface area contributed by atoms with Crippen LogP contribution in [-0.4, -0.2) is 73.2 Å². The van der Waals surface area contributed by atoms with E-state index in [0.29, 0.717) is 13.0 Å². The van der Waals surface area contributed by atoms with Crippen molar-refractivity contribution < 1.29 is 9.90 Å². The quantitative estimate of drug-likeness (QED) is 0.509. The van der Waals surface area contributed by atoms with Crippen molar-refractivity contribution in [1.82, 2.24) is 15.1 Å². The van der Waals surface area contributed by atoms with Crippen molar-refractivity contribution in [2.45, 2.75) is 52.0 Å². The number of hydrogen-bond acceptors (Lipinski definition) is 4. The van der Waals surface area contributed by atoms with Gasteiger partial charge in [0, 0.05) is 13.1 Å². The molecule has 0 fully saturated rings. The van der Waals surface area contributed by atoms with E-state index in [2.05, 4.69) is 36.1 Å². The van der Waals surface area contributed by atoms with Crippen LogP contribution in [0.3, 0.4) is 0 Å². The molecule has 0 saturated heterocycles. The zero-order valence-electron chi connectivity index (χ0n) is 14.6. The molecular formula is C16H35N3O2. The van der Waals surface area contributed by atoms with Crippen LogP contribution in [0.15, 0.2) is 0 Å². The molecule has 0 radical (unpaired) electrons. The van der Waals surface area contributed by atoms with Gasteiger partial charge in [-0.1, -0.05) is 13.8 Å². The molecular weight excluding hydrogens is 266 g/mol. The first-order valence-corrected chi connectivity index (χ1v) is 8.21. The van der Waals surface area contributed by atoms with Crippen LogP contribution in [-0.2, 0) is 4.79 Å². The zero-order chi connectivity index (χ0) is 16.3. The van der Waals surface area contributed by atoms with Gasteiger partial charge in [-0.3, -0.25) is 4.79 Å². The molecule has 126 valence electrons. The molecule has 0 bridgehead atoms. The second kappa shape index (κ2) is 11.0. The minimum absolute atomic E-state index is 0.684. The molecule has 5 nitrogen and oxygen atoms in total. The lowest BCUT2D eigenvalue weighted by molar-refractivity contribution is -0.144. The fourth-order valence-corrected chi connectivity index (χ4v) is 2.47. The Kier molecular flexibility index (Phi) is 10.6. The molecule has 0 aromatic heterocycles. The molecule has 0 amide bonds. The first-order chi connectivity index (χ1) is 9.85. The van der Waals surface area contributed by atoms with Crippen molar-refractivity contribution in [2.24, 2.45) is 0 Å². The maximum Gasteiger partial charge on any atom is 0.323 e. The standard InChI is InChI=1S/C16H35N3O2/c1-6-11-19(14-13-18(4)5)12-9-8-10-16(3,15(20)21)17-7-2/h17H,6-14H2,1-5H3,(H,20,21). The predicted octanol–water partition coefficient (Wildman–Crippen LogP) is 1.88. The highest BCUT2D eigenvalue weighted by Crippen LogP contribution is 2.14. The Morgan fingerprint density at radius 3 is 2.24 bits per heavy atom. The average Bonchev–Trinajstić information content (AvgIpc) is 2.40. The molecule has 2 N–H and O–H groups in total. The summed E-state index contributed by atoms with van der Waals surface area (Å²) in [6.07, 6.45) is 3.85. The Balaban J connectivity index is 4.09. The summed E-state index contributed by atoms with van der Waals surface area (Å²) in [4.78, 5) is 16.0. The monoisotopic (exact) mass is 301 g/mol. The van der Waals surface area contributed by atoms with E-state index >= 15 is 0 Å². The van der Waals surface area contributed by atoms with Crippen LogP contribution >= 0.6 is 0 Å². The third kappa shape index (κ3) is 9.06. The lowest BCUT2D eigenvalue weighted by atomic mass is 9.95. The molecule has 1 unspecified atom stereocenters. The predicted molar refractivity (Wildman–Crippen MR) is 88.9 cm³/mol. The molecule has 0 aliphatic heterocycles. The number of carboxylic acids is 1. The highest BCUT2D eigenvalue weighted by Gasteiger charge is 2.31. The number of rotatable bonds is 13. The largest absolute Gasteiger partial charge is 0.480 e. The fourth-order valence-electron chi connectivity index (χ4n) is 2.47. The van der Waals surface area contributed by atoms with Crippen molar-refractivity contribution in [3.05, 3.63) is 0 Å². The van der Waals surface area contributed by atoms with Crippen molar-refractivity contribution in [2.75, 3.05) is 46.8 Å². The number of likely N-dealkylation sites (N-methyl/N-ethyl adjacent to an activating group) is 2. The van der Waals surface area contributed by atoms with Gasteiger partial charge in [0.2, 0.25) is 0 Å². The summed E-state index contributed by atoms with van der Waals surface area (Å²) in [7, 11) is 4.19. The van der Waals surface area contributed by atoms with Crippen molar-refractivity contribution >= 4 is 5.97 Å². The zero-order valence-corrected chi connectivity index (χ0v) is 14.6. The Morgan fingerprint density at radius 2 is 1.76 bits per heavy atom. The molecule has 0 aliphatic rings. The van der Waals surface area contributed by atoms with Crippen LogP contribution < -0.4 is 5.32 Å². The van der Waals surface area contributed by atoms with Gasteiger partial charge in [-0.15, -0.1) is 0 Å². The summed E-state index contributed by atoms with van der Waals surface area (Å²) in [6.45, 7) is 11.0. The van der Waals surface area contributed by atoms with Crippen molar-refractivity contribution in [3.8, 4) is 0 Å². The Labute approximate surface area is 130 Å². The van der Waals surface area contributed by atoms with Gasteiger partial charge in [-0.05, 0) is 66.3 Å². The maximum absolute atomic E-state index is 11.3. The number of aliphatic carboxylic acids is 1. The second-order valence-corrected chi connectivity index (χ2v) is 6.27. The number of carbonyl (C=O) groups is 1. The smallest absolute Gasteiger partial charge is 0.323 e. The molecule has 0 heterocycles. The van der Waals surface area contributed by atoms with Crippen LogP contribution in [0.25, 0.3) is 0 Å². The molecule has 0 aromatic carbocycles. The van der Waals surface area contributed by atoms with Gasteiger partial charge in [0.1, 0.15) is 5.54 Å². The topological polar surface area (TPSA) is 55.8 Å². The number of unbranched alkanes of at least 4 members (excludes halogenated alkanes) is 1. The highest BCUT2D eigenvalue weighted by molar-refractivity contribution is 5.78. The summed E-state index contributed by atoms with van der Waals surface area (Å²) < 4.78 is 0. The number of nitrogens with one attached hydrogen (secondary N) is 1. The summed E-state index contributed by atoms with van der Waals surface area (Å²) in [5.74, 6) is -0.748. The van der Waals surface area contributed by atoms with Gasteiger partial charge in [0.25, 0.3) is 0 Å². The third-order valence-electron chi connectivity index (χ3n) is 3.84. The molecule has 0 rings (SSSR count). The van der Waals surface area contributed by atoms with E-state index in [1.54, 1.807) is 6.92 Å². The van der Waals surface area contributed by atoms with Crippen molar-refractivity contribution in [3.63, 3.8) is 0 Å². The molecule has 1 atom stereocenters. The maximum atomic E-state index is 11.3. The van der Waals surface area contributed by atoms with Gasteiger partial charge in [-0.2, -0.15) is 0 Å². The third-order valence-corrected chi connectivity index (χ3v) is 3.84. The van der Waals surface area contributed by atoms with Crippen LogP contribution in [0, 0.1) is 0 Å². The van der Waals surface area contributed by atoms with E-state index in [0.717, 1.165) is 45.4 Å². The normalized spacial score (nSPS) is 14.6. The summed E-state index contributed by atoms with van der Waals surface area (Å²) in [6, 6.07) is 0. The van der Waals surface area contributed by atoms with Crippen LogP contribution in [0.2, 0.25) is 0 Å². The first kappa shape index (κ1) is 20.3. The molecule has 0 spiro atoms. The lowest BCUT2D eigenvalue weighted by Gasteiger charge is -2.27. The van der Waals surface area contributed by atoms with Gasteiger partial charge in [-0.25, -0.2) is 0 Å². The van der Waals surface area contributed by atoms with E-state index in [-0.39, 0.29) is 0 Å². The van der Waals surface area contributed by atoms with Gasteiger partial charge >= 0.3 is 5.97 Å². The van der Waals surface area contributed by atoms with Crippen LogP contribution in [0.4, 0.5) is 0 Å². The van der Waals surface area contributed by atoms with Crippen LogP contribution in [0.5, 0.6) is 0 Å². The SMILES string of the molecule is CCCN(CCCCC(C)(NCC)C(=O)O)CCN(C)C. The van der Waals surface area contributed by atoms with E-state index in [1.807, 2.05) is 6.92 Å². The fraction of sp³-hybridized carbons (Fsp3) is 0.938. The molecule has 21 heavy (non-hydrogen) atoms. The van der Waals surface area contributed by atoms with Gasteiger partial charge in [0.05, 0.1) is 0 Å². The lowest BCUT2D eigenvalue weighted by Crippen LogP contribution is -2.49.